The number of hydrogen-bond donors (Lipinski definition) is 2. The van der Waals surface area contributed by atoms with Gasteiger partial charge in [-0.2, -0.15) is 0 Å². The van der Waals surface area contributed by atoms with Crippen LogP contribution in [0.5, 0.6) is 5.75 Å². The molecule has 17 heavy (non-hydrogen) atoms. The zero-order valence-corrected chi connectivity index (χ0v) is 10.9. The van der Waals surface area contributed by atoms with Gasteiger partial charge in [-0.15, -0.1) is 0 Å². The lowest BCUT2D eigenvalue weighted by Gasteiger charge is -2.20. The van der Waals surface area contributed by atoms with Crippen molar-refractivity contribution in [2.24, 2.45) is 5.92 Å². The molecule has 0 heterocycles. The van der Waals surface area contributed by atoms with Gasteiger partial charge in [-0.05, 0) is 24.5 Å². The van der Waals surface area contributed by atoms with Gasteiger partial charge in [-0.1, -0.05) is 37.6 Å². The Hall–Kier alpha value is -0.770. The van der Waals surface area contributed by atoms with Crippen LogP contribution in [0, 0.1) is 5.92 Å². The van der Waals surface area contributed by atoms with E-state index in [9.17, 15) is 10.2 Å². The molecule has 0 saturated heterocycles. The lowest BCUT2D eigenvalue weighted by atomic mass is 10.0. The second kappa shape index (κ2) is 6.84. The van der Waals surface area contributed by atoms with Crippen molar-refractivity contribution in [2.75, 3.05) is 6.61 Å². The molecule has 0 radical (unpaired) electrons. The summed E-state index contributed by atoms with van der Waals surface area (Å²) in [5.41, 5.74) is 0. The van der Waals surface area contributed by atoms with Crippen molar-refractivity contribution in [3.05, 3.63) is 29.3 Å². The van der Waals surface area contributed by atoms with E-state index in [1.165, 1.54) is 0 Å². The van der Waals surface area contributed by atoms with Crippen molar-refractivity contribution in [1.29, 1.82) is 0 Å². The normalized spacial score (nSPS) is 14.7. The smallest absolute Gasteiger partial charge is 0.138 e. The zero-order valence-electron chi connectivity index (χ0n) is 10.1. The van der Waals surface area contributed by atoms with Crippen LogP contribution in [-0.4, -0.2) is 29.0 Å². The second-order valence-corrected chi connectivity index (χ2v) is 4.91. The Morgan fingerprint density at radius 3 is 2.41 bits per heavy atom. The van der Waals surface area contributed by atoms with Crippen LogP contribution in [0.2, 0.25) is 5.02 Å². The summed E-state index contributed by atoms with van der Waals surface area (Å²) in [5.74, 6) is 0.852. The lowest BCUT2D eigenvalue weighted by molar-refractivity contribution is -0.0170. The molecule has 0 aromatic heterocycles. The average Bonchev–Trinajstić information content (AvgIpc) is 2.26. The summed E-state index contributed by atoms with van der Waals surface area (Å²) in [5, 5.41) is 19.9. The van der Waals surface area contributed by atoms with Gasteiger partial charge in [0, 0.05) is 0 Å². The third kappa shape index (κ3) is 4.94. The third-order valence-electron chi connectivity index (χ3n) is 2.40. The van der Waals surface area contributed by atoms with Crippen molar-refractivity contribution in [3.63, 3.8) is 0 Å². The molecule has 0 bridgehead atoms. The largest absolute Gasteiger partial charge is 0.489 e. The maximum atomic E-state index is 9.70. The van der Waals surface area contributed by atoms with E-state index in [0.717, 1.165) is 0 Å². The van der Waals surface area contributed by atoms with Gasteiger partial charge in [0.05, 0.1) is 11.1 Å². The Morgan fingerprint density at radius 2 is 1.82 bits per heavy atom. The molecule has 1 rings (SSSR count). The van der Waals surface area contributed by atoms with E-state index in [1.54, 1.807) is 24.3 Å². The fraction of sp³-hybridized carbons (Fsp3) is 0.538. The SMILES string of the molecule is CC(C)CC(O)C(O)COc1ccccc1Cl. The van der Waals surface area contributed by atoms with Crippen LogP contribution in [0.4, 0.5) is 0 Å². The van der Waals surface area contributed by atoms with E-state index in [2.05, 4.69) is 0 Å². The Kier molecular flexibility index (Phi) is 5.75. The minimum absolute atomic E-state index is 0.0393. The van der Waals surface area contributed by atoms with E-state index in [1.807, 2.05) is 13.8 Å². The zero-order chi connectivity index (χ0) is 12.8. The number of para-hydroxylation sites is 1. The van der Waals surface area contributed by atoms with Gasteiger partial charge < -0.3 is 14.9 Å². The summed E-state index contributed by atoms with van der Waals surface area (Å²) in [6.45, 7) is 4.02. The number of aliphatic hydroxyl groups is 2. The lowest BCUT2D eigenvalue weighted by Crippen LogP contribution is -2.32. The number of hydrogen-bond acceptors (Lipinski definition) is 3. The van der Waals surface area contributed by atoms with Crippen LogP contribution in [0.25, 0.3) is 0 Å². The molecule has 4 heteroatoms. The fourth-order valence-corrected chi connectivity index (χ4v) is 1.68. The molecule has 3 nitrogen and oxygen atoms in total. The van der Waals surface area contributed by atoms with Crippen molar-refractivity contribution < 1.29 is 14.9 Å². The van der Waals surface area contributed by atoms with Gasteiger partial charge in [0.15, 0.2) is 0 Å². The molecule has 1 aromatic carbocycles. The van der Waals surface area contributed by atoms with Gasteiger partial charge >= 0.3 is 0 Å². The number of ether oxygens (including phenoxy) is 1. The molecule has 2 unspecified atom stereocenters. The highest BCUT2D eigenvalue weighted by Gasteiger charge is 2.18. The highest BCUT2D eigenvalue weighted by atomic mass is 35.5. The second-order valence-electron chi connectivity index (χ2n) is 4.51. The van der Waals surface area contributed by atoms with Crippen molar-refractivity contribution >= 4 is 11.6 Å². The van der Waals surface area contributed by atoms with E-state index < -0.39 is 12.2 Å². The predicted octanol–water partition coefficient (Wildman–Crippen LogP) is 2.49. The van der Waals surface area contributed by atoms with Gasteiger partial charge in [0.2, 0.25) is 0 Å². The van der Waals surface area contributed by atoms with Crippen LogP contribution < -0.4 is 4.74 Å². The minimum Gasteiger partial charge on any atom is -0.489 e. The minimum atomic E-state index is -0.895. The molecule has 96 valence electrons. The fourth-order valence-electron chi connectivity index (χ4n) is 1.49. The Balaban J connectivity index is 2.43. The van der Waals surface area contributed by atoms with Crippen LogP contribution in [0.15, 0.2) is 24.3 Å². The highest BCUT2D eigenvalue weighted by Crippen LogP contribution is 2.23. The number of rotatable bonds is 6. The first kappa shape index (κ1) is 14.3. The van der Waals surface area contributed by atoms with Crippen LogP contribution in [0.3, 0.4) is 0 Å². The molecule has 0 amide bonds. The molecule has 0 aliphatic carbocycles. The maximum absolute atomic E-state index is 9.70. The predicted molar refractivity (Wildman–Crippen MR) is 68.4 cm³/mol. The summed E-state index contributed by atoms with van der Waals surface area (Å²) in [6.07, 6.45) is -1.11. The van der Waals surface area contributed by atoms with E-state index in [4.69, 9.17) is 16.3 Å². The number of halogens is 1. The molecule has 0 aliphatic rings. The summed E-state index contributed by atoms with van der Waals surface area (Å²) in [6, 6.07) is 7.05. The summed E-state index contributed by atoms with van der Waals surface area (Å²) < 4.78 is 5.36. The van der Waals surface area contributed by atoms with Gasteiger partial charge in [0.25, 0.3) is 0 Å². The topological polar surface area (TPSA) is 49.7 Å². The first-order valence-corrected chi connectivity index (χ1v) is 6.12. The van der Waals surface area contributed by atoms with Crippen molar-refractivity contribution in [1.82, 2.24) is 0 Å². The first-order valence-electron chi connectivity index (χ1n) is 5.74. The van der Waals surface area contributed by atoms with Crippen LogP contribution in [0.1, 0.15) is 20.3 Å². The molecule has 0 fully saturated rings. The average molecular weight is 259 g/mol. The summed E-state index contributed by atoms with van der Waals surface area (Å²) >= 11 is 5.90. The monoisotopic (exact) mass is 258 g/mol. The van der Waals surface area contributed by atoms with E-state index >= 15 is 0 Å². The number of benzene rings is 1. The van der Waals surface area contributed by atoms with Gasteiger partial charge in [-0.3, -0.25) is 0 Å². The molecule has 0 aliphatic heterocycles. The Bertz CT molecular complexity index is 341. The third-order valence-corrected chi connectivity index (χ3v) is 2.72. The van der Waals surface area contributed by atoms with E-state index in [-0.39, 0.29) is 6.61 Å². The molecule has 2 N–H and O–H groups in total. The Morgan fingerprint density at radius 1 is 1.18 bits per heavy atom. The quantitative estimate of drug-likeness (QED) is 0.824. The van der Waals surface area contributed by atoms with Gasteiger partial charge in [-0.25, -0.2) is 0 Å². The molecule has 0 spiro atoms. The molecular formula is C13H19ClO3. The van der Waals surface area contributed by atoms with Crippen LogP contribution >= 0.6 is 11.6 Å². The Labute approximate surface area is 107 Å². The molecule has 2 atom stereocenters. The van der Waals surface area contributed by atoms with Crippen LogP contribution in [-0.2, 0) is 0 Å². The van der Waals surface area contributed by atoms with Gasteiger partial charge in [0.1, 0.15) is 18.5 Å². The first-order chi connectivity index (χ1) is 8.00. The van der Waals surface area contributed by atoms with E-state index in [0.29, 0.717) is 23.1 Å². The number of aliphatic hydroxyl groups excluding tert-OH is 2. The van der Waals surface area contributed by atoms with Crippen molar-refractivity contribution in [2.45, 2.75) is 32.5 Å². The molecule has 0 saturated carbocycles. The molecular weight excluding hydrogens is 240 g/mol. The maximum Gasteiger partial charge on any atom is 0.138 e. The van der Waals surface area contributed by atoms with Crippen molar-refractivity contribution in [3.8, 4) is 5.75 Å². The summed E-state index contributed by atoms with van der Waals surface area (Å²) in [4.78, 5) is 0. The standard InChI is InChI=1S/C13H19ClO3/c1-9(2)7-11(15)12(16)8-17-13-6-4-3-5-10(13)14/h3-6,9,11-12,15-16H,7-8H2,1-2H3. The highest BCUT2D eigenvalue weighted by molar-refractivity contribution is 6.32. The summed E-state index contributed by atoms with van der Waals surface area (Å²) in [7, 11) is 0. The molecule has 1 aromatic rings.